The molecular weight excluding hydrogens is 344 g/mol. The van der Waals surface area contributed by atoms with E-state index in [1.165, 1.54) is 10.8 Å². The first-order valence-electron chi connectivity index (χ1n) is 8.40. The van der Waals surface area contributed by atoms with Crippen LogP contribution in [0, 0.1) is 0 Å². The summed E-state index contributed by atoms with van der Waals surface area (Å²) < 4.78 is 0. The van der Waals surface area contributed by atoms with E-state index in [0.29, 0.717) is 17.3 Å². The van der Waals surface area contributed by atoms with Gasteiger partial charge in [-0.15, -0.1) is 0 Å². The molecule has 0 spiro atoms. The Hall–Kier alpha value is -3.04. The summed E-state index contributed by atoms with van der Waals surface area (Å²) in [4.78, 5) is 12.3. The van der Waals surface area contributed by atoms with Crippen LogP contribution in [0.15, 0.2) is 78.9 Å². The number of urea groups is 1. The van der Waals surface area contributed by atoms with Crippen LogP contribution in [0.2, 0.25) is 5.02 Å². The average Bonchev–Trinajstić information content (AvgIpc) is 2.67. The molecule has 0 heterocycles. The Labute approximate surface area is 156 Å². The summed E-state index contributed by atoms with van der Waals surface area (Å²) in [5, 5.41) is 11.1. The van der Waals surface area contributed by atoms with Crippen LogP contribution in [-0.4, -0.2) is 6.03 Å². The average molecular weight is 361 g/mol. The van der Waals surface area contributed by atoms with Crippen LogP contribution < -0.4 is 10.6 Å². The summed E-state index contributed by atoms with van der Waals surface area (Å²) in [7, 11) is 0. The van der Waals surface area contributed by atoms with Crippen molar-refractivity contribution in [3.63, 3.8) is 0 Å². The SMILES string of the molecule is O=C(NCc1c2ccccc2cc2ccccc12)Nc1ccc(Cl)cc1. The third-order valence-corrected chi connectivity index (χ3v) is 4.66. The number of amides is 2. The summed E-state index contributed by atoms with van der Waals surface area (Å²) in [5.74, 6) is 0. The van der Waals surface area contributed by atoms with Gasteiger partial charge in [-0.1, -0.05) is 60.1 Å². The molecule has 4 heteroatoms. The number of benzene rings is 4. The summed E-state index contributed by atoms with van der Waals surface area (Å²) in [6, 6.07) is 25.5. The third-order valence-electron chi connectivity index (χ3n) is 4.41. The van der Waals surface area contributed by atoms with Crippen molar-refractivity contribution in [3.8, 4) is 0 Å². The van der Waals surface area contributed by atoms with E-state index in [9.17, 15) is 4.79 Å². The third kappa shape index (κ3) is 3.35. The summed E-state index contributed by atoms with van der Waals surface area (Å²) in [5.41, 5.74) is 1.82. The maximum Gasteiger partial charge on any atom is 0.319 e. The topological polar surface area (TPSA) is 41.1 Å². The summed E-state index contributed by atoms with van der Waals surface area (Å²) >= 11 is 5.87. The lowest BCUT2D eigenvalue weighted by molar-refractivity contribution is 0.252. The predicted molar refractivity (Wildman–Crippen MR) is 109 cm³/mol. The molecule has 128 valence electrons. The number of hydrogen-bond donors (Lipinski definition) is 2. The Morgan fingerprint density at radius 1 is 0.808 bits per heavy atom. The van der Waals surface area contributed by atoms with Crippen LogP contribution in [0.25, 0.3) is 21.5 Å². The van der Waals surface area contributed by atoms with E-state index in [4.69, 9.17) is 11.6 Å². The minimum atomic E-state index is -0.246. The van der Waals surface area contributed by atoms with Gasteiger partial charge in [-0.05, 0) is 57.4 Å². The molecule has 0 unspecified atom stereocenters. The van der Waals surface area contributed by atoms with E-state index < -0.39 is 0 Å². The smallest absolute Gasteiger partial charge is 0.319 e. The fourth-order valence-corrected chi connectivity index (χ4v) is 3.30. The zero-order valence-electron chi connectivity index (χ0n) is 14.0. The number of hydrogen-bond acceptors (Lipinski definition) is 1. The van der Waals surface area contributed by atoms with E-state index in [2.05, 4.69) is 41.0 Å². The molecule has 0 saturated heterocycles. The Balaban J connectivity index is 1.61. The fourth-order valence-electron chi connectivity index (χ4n) is 3.18. The number of rotatable bonds is 3. The van der Waals surface area contributed by atoms with Gasteiger partial charge in [0.2, 0.25) is 0 Å². The number of carbonyl (C=O) groups excluding carboxylic acids is 1. The monoisotopic (exact) mass is 360 g/mol. The van der Waals surface area contributed by atoms with Crippen LogP contribution in [0.1, 0.15) is 5.56 Å². The van der Waals surface area contributed by atoms with Crippen LogP contribution in [0.3, 0.4) is 0 Å². The molecule has 0 atom stereocenters. The number of halogens is 1. The van der Waals surface area contributed by atoms with Crippen molar-refractivity contribution in [2.24, 2.45) is 0 Å². The molecule has 0 radical (unpaired) electrons. The Morgan fingerprint density at radius 2 is 1.38 bits per heavy atom. The van der Waals surface area contributed by atoms with Gasteiger partial charge in [0, 0.05) is 17.3 Å². The number of nitrogens with one attached hydrogen (secondary N) is 2. The normalized spacial score (nSPS) is 10.8. The highest BCUT2D eigenvalue weighted by Gasteiger charge is 2.09. The standard InChI is InChI=1S/C22H17ClN2O/c23-17-9-11-18(12-10-17)25-22(26)24-14-21-19-7-3-1-5-15(19)13-16-6-2-4-8-20(16)21/h1-13H,14H2,(H2,24,25,26). The first-order chi connectivity index (χ1) is 12.7. The molecule has 0 bridgehead atoms. The number of anilines is 1. The van der Waals surface area contributed by atoms with Crippen molar-refractivity contribution in [2.45, 2.75) is 6.54 Å². The fraction of sp³-hybridized carbons (Fsp3) is 0.0455. The maximum absolute atomic E-state index is 12.3. The number of fused-ring (bicyclic) bond motifs is 2. The van der Waals surface area contributed by atoms with Gasteiger partial charge in [0.1, 0.15) is 0 Å². The van der Waals surface area contributed by atoms with Gasteiger partial charge in [-0.25, -0.2) is 4.79 Å². The molecule has 26 heavy (non-hydrogen) atoms. The van der Waals surface area contributed by atoms with Gasteiger partial charge in [0.05, 0.1) is 0 Å². The molecule has 3 nitrogen and oxygen atoms in total. The zero-order chi connectivity index (χ0) is 17.9. The van der Waals surface area contributed by atoms with Gasteiger partial charge >= 0.3 is 6.03 Å². The van der Waals surface area contributed by atoms with E-state index in [1.54, 1.807) is 24.3 Å². The van der Waals surface area contributed by atoms with Gasteiger partial charge in [-0.2, -0.15) is 0 Å². The van der Waals surface area contributed by atoms with Crippen LogP contribution >= 0.6 is 11.6 Å². The largest absolute Gasteiger partial charge is 0.334 e. The van der Waals surface area contributed by atoms with E-state index in [1.807, 2.05) is 24.3 Å². The van der Waals surface area contributed by atoms with Crippen molar-refractivity contribution >= 4 is 44.9 Å². The zero-order valence-corrected chi connectivity index (χ0v) is 14.8. The molecule has 2 amide bonds. The molecular formula is C22H17ClN2O. The highest BCUT2D eigenvalue weighted by molar-refractivity contribution is 6.30. The molecule has 4 aromatic rings. The van der Waals surface area contributed by atoms with Gasteiger partial charge in [0.25, 0.3) is 0 Å². The Kier molecular flexibility index (Phi) is 4.46. The first-order valence-corrected chi connectivity index (χ1v) is 8.78. The van der Waals surface area contributed by atoms with Gasteiger partial charge in [-0.3, -0.25) is 0 Å². The molecule has 0 aliphatic rings. The first kappa shape index (κ1) is 16.4. The Bertz CT molecular complexity index is 1040. The molecule has 2 N–H and O–H groups in total. The lowest BCUT2D eigenvalue weighted by Gasteiger charge is -2.13. The van der Waals surface area contributed by atoms with Crippen molar-refractivity contribution in [2.75, 3.05) is 5.32 Å². The quantitative estimate of drug-likeness (QED) is 0.434. The van der Waals surface area contributed by atoms with Gasteiger partial charge < -0.3 is 10.6 Å². The Morgan fingerprint density at radius 3 is 2.00 bits per heavy atom. The van der Waals surface area contributed by atoms with Crippen molar-refractivity contribution in [3.05, 3.63) is 89.4 Å². The minimum Gasteiger partial charge on any atom is -0.334 e. The second-order valence-corrected chi connectivity index (χ2v) is 6.55. The van der Waals surface area contributed by atoms with Gasteiger partial charge in [0.15, 0.2) is 0 Å². The molecule has 4 aromatic carbocycles. The summed E-state index contributed by atoms with van der Waals surface area (Å²) in [6.07, 6.45) is 0. The highest BCUT2D eigenvalue weighted by atomic mass is 35.5. The van der Waals surface area contributed by atoms with Crippen molar-refractivity contribution in [1.29, 1.82) is 0 Å². The molecule has 0 aliphatic carbocycles. The van der Waals surface area contributed by atoms with E-state index in [-0.39, 0.29) is 6.03 Å². The van der Waals surface area contributed by atoms with Crippen LogP contribution in [0.4, 0.5) is 10.5 Å². The predicted octanol–water partition coefficient (Wildman–Crippen LogP) is 5.97. The van der Waals surface area contributed by atoms with E-state index >= 15 is 0 Å². The molecule has 0 aliphatic heterocycles. The molecule has 0 saturated carbocycles. The molecule has 4 rings (SSSR count). The van der Waals surface area contributed by atoms with Crippen LogP contribution in [-0.2, 0) is 6.54 Å². The summed E-state index contributed by atoms with van der Waals surface area (Å²) in [6.45, 7) is 0.446. The lowest BCUT2D eigenvalue weighted by Crippen LogP contribution is -2.28. The second-order valence-electron chi connectivity index (χ2n) is 6.11. The van der Waals surface area contributed by atoms with Crippen molar-refractivity contribution < 1.29 is 4.79 Å². The number of carbonyl (C=O) groups is 1. The second kappa shape index (κ2) is 7.06. The van der Waals surface area contributed by atoms with Crippen LogP contribution in [0.5, 0.6) is 0 Å². The van der Waals surface area contributed by atoms with E-state index in [0.717, 1.165) is 16.3 Å². The highest BCUT2D eigenvalue weighted by Crippen LogP contribution is 2.28. The minimum absolute atomic E-state index is 0.246. The van der Waals surface area contributed by atoms with Crippen molar-refractivity contribution in [1.82, 2.24) is 5.32 Å². The maximum atomic E-state index is 12.3. The molecule has 0 fully saturated rings. The molecule has 0 aromatic heterocycles. The lowest BCUT2D eigenvalue weighted by atomic mass is 9.97.